The molecule has 0 unspecified atom stereocenters. The fourth-order valence-electron chi connectivity index (χ4n) is 1.20. The summed E-state index contributed by atoms with van der Waals surface area (Å²) in [5.41, 5.74) is -3.93. The summed E-state index contributed by atoms with van der Waals surface area (Å²) in [5.74, 6) is -1.13. The molecule has 7 heteroatoms. The molecular formula is C11H12F4O2S. The number of hydrogen-bond acceptors (Lipinski definition) is 3. The lowest BCUT2D eigenvalue weighted by Crippen LogP contribution is -2.08. The SMILES string of the molecule is C[C@H](O)c1ccc(OCCSC(F)(F)F)c(F)c1. The molecule has 0 bridgehead atoms. The van der Waals surface area contributed by atoms with Gasteiger partial charge in [0.1, 0.15) is 0 Å². The number of rotatable bonds is 5. The lowest BCUT2D eigenvalue weighted by molar-refractivity contribution is -0.0329. The highest BCUT2D eigenvalue weighted by Crippen LogP contribution is 2.30. The highest BCUT2D eigenvalue weighted by Gasteiger charge is 2.27. The van der Waals surface area contributed by atoms with E-state index in [-0.39, 0.29) is 29.9 Å². The molecule has 0 aromatic heterocycles. The predicted octanol–water partition coefficient (Wildman–Crippen LogP) is 3.51. The van der Waals surface area contributed by atoms with Gasteiger partial charge >= 0.3 is 5.51 Å². The van der Waals surface area contributed by atoms with Crippen molar-refractivity contribution in [1.82, 2.24) is 0 Å². The molecule has 0 saturated heterocycles. The van der Waals surface area contributed by atoms with Crippen molar-refractivity contribution in [2.24, 2.45) is 0 Å². The van der Waals surface area contributed by atoms with Crippen LogP contribution in [-0.4, -0.2) is 23.0 Å². The van der Waals surface area contributed by atoms with Gasteiger partial charge in [-0.15, -0.1) is 0 Å². The molecule has 0 fully saturated rings. The Morgan fingerprint density at radius 2 is 2.06 bits per heavy atom. The normalized spacial score (nSPS) is 13.4. The molecule has 18 heavy (non-hydrogen) atoms. The van der Waals surface area contributed by atoms with E-state index in [9.17, 15) is 22.7 Å². The van der Waals surface area contributed by atoms with Gasteiger partial charge in [-0.1, -0.05) is 6.07 Å². The Morgan fingerprint density at radius 1 is 1.39 bits per heavy atom. The van der Waals surface area contributed by atoms with Crippen LogP contribution in [-0.2, 0) is 0 Å². The lowest BCUT2D eigenvalue weighted by Gasteiger charge is -2.10. The van der Waals surface area contributed by atoms with E-state index in [1.54, 1.807) is 0 Å². The predicted molar refractivity (Wildman–Crippen MR) is 61.0 cm³/mol. The zero-order valence-electron chi connectivity index (χ0n) is 9.50. The molecule has 0 heterocycles. The summed E-state index contributed by atoms with van der Waals surface area (Å²) >= 11 is -0.221. The van der Waals surface area contributed by atoms with Crippen LogP contribution in [0.25, 0.3) is 0 Å². The molecule has 1 aromatic rings. The number of halogens is 4. The summed E-state index contributed by atoms with van der Waals surface area (Å²) in [5, 5.41) is 9.21. The van der Waals surface area contributed by atoms with Gasteiger partial charge in [0.2, 0.25) is 0 Å². The van der Waals surface area contributed by atoms with Crippen molar-refractivity contribution in [1.29, 1.82) is 0 Å². The molecule has 102 valence electrons. The highest BCUT2D eigenvalue weighted by atomic mass is 32.2. The summed E-state index contributed by atoms with van der Waals surface area (Å²) < 4.78 is 53.7. The molecule has 0 aliphatic heterocycles. The first kappa shape index (κ1) is 15.1. The minimum Gasteiger partial charge on any atom is -0.490 e. The second kappa shape index (κ2) is 6.29. The Bertz CT molecular complexity index is 393. The van der Waals surface area contributed by atoms with Crippen LogP contribution in [0.2, 0.25) is 0 Å². The van der Waals surface area contributed by atoms with Gasteiger partial charge < -0.3 is 9.84 Å². The van der Waals surface area contributed by atoms with Crippen molar-refractivity contribution in [3.63, 3.8) is 0 Å². The first-order valence-electron chi connectivity index (χ1n) is 5.10. The van der Waals surface area contributed by atoms with Gasteiger partial charge in [0, 0.05) is 5.75 Å². The molecule has 1 rings (SSSR count). The Kier molecular flexibility index (Phi) is 5.28. The molecular weight excluding hydrogens is 272 g/mol. The smallest absolute Gasteiger partial charge is 0.441 e. The molecule has 0 spiro atoms. The minimum absolute atomic E-state index is 0.123. The maximum Gasteiger partial charge on any atom is 0.441 e. The number of alkyl halides is 3. The van der Waals surface area contributed by atoms with Gasteiger partial charge in [0.25, 0.3) is 0 Å². The van der Waals surface area contributed by atoms with E-state index in [1.165, 1.54) is 19.1 Å². The summed E-state index contributed by atoms with van der Waals surface area (Å²) in [6.45, 7) is 1.24. The molecule has 0 aliphatic carbocycles. The van der Waals surface area contributed by atoms with Crippen LogP contribution in [0.3, 0.4) is 0 Å². The molecule has 1 N–H and O–H groups in total. The fraction of sp³-hybridized carbons (Fsp3) is 0.455. The van der Waals surface area contributed by atoms with Gasteiger partial charge in [-0.25, -0.2) is 4.39 Å². The van der Waals surface area contributed by atoms with Crippen LogP contribution < -0.4 is 4.74 Å². The van der Waals surface area contributed by atoms with Crippen LogP contribution in [0.15, 0.2) is 18.2 Å². The summed E-state index contributed by atoms with van der Waals surface area (Å²) in [7, 11) is 0. The first-order valence-corrected chi connectivity index (χ1v) is 6.09. The Hall–Kier alpha value is -0.950. The first-order chi connectivity index (χ1) is 8.29. The average molecular weight is 284 g/mol. The van der Waals surface area contributed by atoms with E-state index in [0.29, 0.717) is 5.56 Å². The van der Waals surface area contributed by atoms with Crippen LogP contribution in [0.5, 0.6) is 5.75 Å². The van der Waals surface area contributed by atoms with E-state index in [2.05, 4.69) is 0 Å². The quantitative estimate of drug-likeness (QED) is 0.662. The maximum absolute atomic E-state index is 13.4. The third kappa shape index (κ3) is 5.14. The van der Waals surface area contributed by atoms with Gasteiger partial charge in [-0.3, -0.25) is 0 Å². The van der Waals surface area contributed by atoms with Crippen molar-refractivity contribution in [2.45, 2.75) is 18.5 Å². The Balaban J connectivity index is 2.48. The zero-order chi connectivity index (χ0) is 13.8. The van der Waals surface area contributed by atoms with Gasteiger partial charge in [0.15, 0.2) is 11.6 Å². The van der Waals surface area contributed by atoms with E-state index >= 15 is 0 Å². The molecule has 0 aliphatic rings. The topological polar surface area (TPSA) is 29.5 Å². The Morgan fingerprint density at radius 3 is 2.56 bits per heavy atom. The van der Waals surface area contributed by atoms with Crippen LogP contribution in [0.4, 0.5) is 17.6 Å². The van der Waals surface area contributed by atoms with Gasteiger partial charge in [0.05, 0.1) is 12.7 Å². The number of ether oxygens (including phenoxy) is 1. The Labute approximate surface area is 106 Å². The highest BCUT2D eigenvalue weighted by molar-refractivity contribution is 8.00. The van der Waals surface area contributed by atoms with Crippen LogP contribution in [0, 0.1) is 5.82 Å². The monoisotopic (exact) mass is 284 g/mol. The molecule has 0 amide bonds. The number of aliphatic hydroxyl groups excluding tert-OH is 1. The van der Waals surface area contributed by atoms with E-state index in [1.807, 2.05) is 0 Å². The number of aliphatic hydroxyl groups is 1. The molecule has 2 nitrogen and oxygen atoms in total. The molecule has 1 aromatic carbocycles. The molecule has 1 atom stereocenters. The third-order valence-electron chi connectivity index (χ3n) is 2.04. The van der Waals surface area contributed by atoms with Gasteiger partial charge in [-0.2, -0.15) is 13.2 Å². The number of hydrogen-bond donors (Lipinski definition) is 1. The lowest BCUT2D eigenvalue weighted by atomic mass is 10.1. The van der Waals surface area contributed by atoms with Crippen LogP contribution in [0.1, 0.15) is 18.6 Å². The van der Waals surface area contributed by atoms with Crippen molar-refractivity contribution < 1.29 is 27.4 Å². The van der Waals surface area contributed by atoms with Crippen molar-refractivity contribution >= 4 is 11.8 Å². The second-order valence-corrected chi connectivity index (χ2v) is 4.67. The van der Waals surface area contributed by atoms with E-state index in [4.69, 9.17) is 4.74 Å². The van der Waals surface area contributed by atoms with Crippen molar-refractivity contribution in [2.75, 3.05) is 12.4 Å². The van der Waals surface area contributed by atoms with E-state index < -0.39 is 17.4 Å². The standard InChI is InChI=1S/C11H12F4O2S/c1-7(16)8-2-3-10(9(12)6-8)17-4-5-18-11(13,14)15/h2-3,6-7,16H,4-5H2,1H3/t7-/m0/s1. The second-order valence-electron chi connectivity index (χ2n) is 3.51. The number of benzene rings is 1. The average Bonchev–Trinajstić information content (AvgIpc) is 2.24. The largest absolute Gasteiger partial charge is 0.490 e. The molecule has 0 radical (unpaired) electrons. The maximum atomic E-state index is 13.4. The van der Waals surface area contributed by atoms with Crippen LogP contribution >= 0.6 is 11.8 Å². The minimum atomic E-state index is -4.31. The van der Waals surface area contributed by atoms with Gasteiger partial charge in [-0.05, 0) is 36.4 Å². The summed E-state index contributed by atoms with van der Waals surface area (Å²) in [6, 6.07) is 3.84. The van der Waals surface area contributed by atoms with Crippen molar-refractivity contribution in [3.8, 4) is 5.75 Å². The summed E-state index contributed by atoms with van der Waals surface area (Å²) in [4.78, 5) is 0. The third-order valence-corrected chi connectivity index (χ3v) is 2.74. The zero-order valence-corrected chi connectivity index (χ0v) is 10.3. The molecule has 0 saturated carbocycles. The number of thioether (sulfide) groups is 1. The summed E-state index contributed by atoms with van der Waals surface area (Å²) in [6.07, 6.45) is -0.811. The fourth-order valence-corrected chi connectivity index (χ4v) is 1.60. The van der Waals surface area contributed by atoms with Crippen molar-refractivity contribution in [3.05, 3.63) is 29.6 Å². The van der Waals surface area contributed by atoms with E-state index in [0.717, 1.165) is 6.07 Å².